The Morgan fingerprint density at radius 1 is 1.32 bits per heavy atom. The van der Waals surface area contributed by atoms with Crippen molar-refractivity contribution >= 4 is 19.3 Å². The van der Waals surface area contributed by atoms with E-state index in [1.165, 1.54) is 0 Å². The van der Waals surface area contributed by atoms with Crippen LogP contribution in [0.25, 0.3) is 0 Å². The number of aromatic nitrogens is 1. The van der Waals surface area contributed by atoms with Crippen molar-refractivity contribution in [3.63, 3.8) is 0 Å². The number of hydrogen-bond acceptors (Lipinski definition) is 4. The average Bonchev–Trinajstić information content (AvgIpc) is 2.44. The van der Waals surface area contributed by atoms with Gasteiger partial charge in [0.25, 0.3) is 0 Å². The van der Waals surface area contributed by atoms with Gasteiger partial charge in [0.05, 0.1) is 5.92 Å². The minimum Gasteiger partial charge on any atom is -0.481 e. The molecule has 0 fully saturated rings. The minimum absolute atomic E-state index is 0.0126. The van der Waals surface area contributed by atoms with Crippen LogP contribution in [0, 0.1) is 5.92 Å². The Morgan fingerprint density at radius 2 is 2.05 bits per heavy atom. The molecule has 0 aliphatic heterocycles. The summed E-state index contributed by atoms with van der Waals surface area (Å²) in [6.45, 7) is 0. The number of carboxylic acids is 2. The van der Waals surface area contributed by atoms with E-state index in [2.05, 4.69) is 4.98 Å². The maximum atomic E-state index is 12.1. The Bertz CT molecular complexity index is 548. The van der Waals surface area contributed by atoms with Crippen molar-refractivity contribution in [3.8, 4) is 0 Å². The van der Waals surface area contributed by atoms with Crippen molar-refractivity contribution in [2.45, 2.75) is 25.7 Å². The van der Waals surface area contributed by atoms with Crippen LogP contribution < -0.4 is 0 Å². The second-order valence-corrected chi connectivity index (χ2v) is 7.69. The monoisotopic (exact) mass is 329 g/mol. The molecular formula is C14H20NO6P. The summed E-state index contributed by atoms with van der Waals surface area (Å²) in [5.74, 6) is -3.45. The first-order valence-electron chi connectivity index (χ1n) is 6.94. The average molecular weight is 329 g/mol. The molecule has 3 N–H and O–H groups in total. The van der Waals surface area contributed by atoms with Gasteiger partial charge in [0, 0.05) is 31.1 Å². The quantitative estimate of drug-likeness (QED) is 0.559. The highest BCUT2D eigenvalue weighted by Gasteiger charge is 2.28. The van der Waals surface area contributed by atoms with E-state index in [9.17, 15) is 19.0 Å². The lowest BCUT2D eigenvalue weighted by molar-refractivity contribution is -0.142. The highest BCUT2D eigenvalue weighted by atomic mass is 31.2. The number of nitrogens with zero attached hydrogens (tertiary/aromatic N) is 1. The first-order valence-corrected chi connectivity index (χ1v) is 8.97. The smallest absolute Gasteiger partial charge is 0.307 e. The first kappa shape index (κ1) is 18.3. The van der Waals surface area contributed by atoms with Crippen LogP contribution in [0.4, 0.5) is 0 Å². The molecule has 0 saturated carbocycles. The van der Waals surface area contributed by atoms with Crippen molar-refractivity contribution in [2.75, 3.05) is 12.3 Å². The lowest BCUT2D eigenvalue weighted by atomic mass is 10.1. The molecule has 8 heteroatoms. The van der Waals surface area contributed by atoms with Crippen LogP contribution in [-0.2, 0) is 20.6 Å². The van der Waals surface area contributed by atoms with Crippen LogP contribution in [0.3, 0.4) is 0 Å². The summed E-state index contributed by atoms with van der Waals surface area (Å²) in [6.07, 6.45) is 3.51. The normalized spacial score (nSPS) is 15.0. The van der Waals surface area contributed by atoms with Gasteiger partial charge in [-0.3, -0.25) is 19.1 Å². The fraction of sp³-hybridized carbons (Fsp3) is 0.500. The third kappa shape index (κ3) is 7.33. The molecule has 0 amide bonds. The van der Waals surface area contributed by atoms with Gasteiger partial charge in [-0.15, -0.1) is 0 Å². The zero-order valence-corrected chi connectivity index (χ0v) is 13.0. The Kier molecular flexibility index (Phi) is 7.21. The van der Waals surface area contributed by atoms with Gasteiger partial charge in [-0.2, -0.15) is 0 Å². The lowest BCUT2D eigenvalue weighted by Gasteiger charge is -2.16. The number of aryl methyl sites for hydroxylation is 1. The van der Waals surface area contributed by atoms with Crippen molar-refractivity contribution in [3.05, 3.63) is 30.1 Å². The highest BCUT2D eigenvalue weighted by molar-refractivity contribution is 7.58. The van der Waals surface area contributed by atoms with E-state index in [0.29, 0.717) is 12.8 Å². The molecule has 22 heavy (non-hydrogen) atoms. The number of pyridine rings is 1. The Morgan fingerprint density at radius 3 is 2.59 bits per heavy atom. The van der Waals surface area contributed by atoms with Gasteiger partial charge < -0.3 is 15.1 Å². The van der Waals surface area contributed by atoms with Gasteiger partial charge in [0.2, 0.25) is 7.37 Å². The van der Waals surface area contributed by atoms with E-state index < -0.39 is 25.2 Å². The summed E-state index contributed by atoms with van der Waals surface area (Å²) < 4.78 is 12.1. The zero-order valence-electron chi connectivity index (χ0n) is 12.1. The fourth-order valence-corrected chi connectivity index (χ4v) is 3.96. The predicted octanol–water partition coefficient (Wildman–Crippen LogP) is 1.85. The highest BCUT2D eigenvalue weighted by Crippen LogP contribution is 2.44. The zero-order chi connectivity index (χ0) is 16.6. The molecule has 1 aromatic heterocycles. The summed E-state index contributed by atoms with van der Waals surface area (Å²) >= 11 is 0. The molecule has 122 valence electrons. The van der Waals surface area contributed by atoms with E-state index in [4.69, 9.17) is 10.2 Å². The van der Waals surface area contributed by atoms with E-state index in [1.807, 2.05) is 6.07 Å². The van der Waals surface area contributed by atoms with Gasteiger partial charge in [0.1, 0.15) is 0 Å². The summed E-state index contributed by atoms with van der Waals surface area (Å²) in [6, 6.07) is 3.64. The summed E-state index contributed by atoms with van der Waals surface area (Å²) in [5, 5.41) is 17.6. The van der Waals surface area contributed by atoms with Gasteiger partial charge in [-0.25, -0.2) is 0 Å². The number of carboxylic acid groups (broad SMARTS) is 2. The molecule has 0 aliphatic carbocycles. The number of hydrogen-bond donors (Lipinski definition) is 3. The molecule has 0 spiro atoms. The molecule has 1 rings (SSSR count). The fourth-order valence-electron chi connectivity index (χ4n) is 2.10. The van der Waals surface area contributed by atoms with Crippen LogP contribution in [0.15, 0.2) is 24.5 Å². The molecule has 2 atom stereocenters. The number of carbonyl (C=O) groups is 2. The molecule has 0 radical (unpaired) electrons. The third-order valence-electron chi connectivity index (χ3n) is 3.26. The van der Waals surface area contributed by atoms with Crippen LogP contribution in [0.5, 0.6) is 0 Å². The number of aliphatic carboxylic acids is 2. The minimum atomic E-state index is -3.59. The molecule has 1 heterocycles. The summed E-state index contributed by atoms with van der Waals surface area (Å²) in [7, 11) is -3.59. The van der Waals surface area contributed by atoms with Gasteiger partial charge in [-0.1, -0.05) is 6.07 Å². The Balaban J connectivity index is 2.47. The molecule has 0 aliphatic rings. The Hall–Kier alpha value is -1.72. The van der Waals surface area contributed by atoms with Gasteiger partial charge in [-0.05, 0) is 30.9 Å². The SMILES string of the molecule is O=C(O)CCC(CP(=O)(O)CCCc1cccnc1)C(=O)O. The summed E-state index contributed by atoms with van der Waals surface area (Å²) in [4.78, 5) is 35.4. The second-order valence-electron chi connectivity index (χ2n) is 5.18. The van der Waals surface area contributed by atoms with Gasteiger partial charge >= 0.3 is 11.9 Å². The van der Waals surface area contributed by atoms with Crippen LogP contribution in [-0.4, -0.2) is 44.4 Å². The molecule has 0 aromatic carbocycles. The first-order chi connectivity index (χ1) is 10.3. The molecule has 0 saturated heterocycles. The summed E-state index contributed by atoms with van der Waals surface area (Å²) in [5.41, 5.74) is 0.947. The van der Waals surface area contributed by atoms with E-state index in [1.54, 1.807) is 18.5 Å². The van der Waals surface area contributed by atoms with Gasteiger partial charge in [0.15, 0.2) is 0 Å². The van der Waals surface area contributed by atoms with Crippen molar-refractivity contribution in [1.29, 1.82) is 0 Å². The second kappa shape index (κ2) is 8.66. The molecule has 7 nitrogen and oxygen atoms in total. The maximum Gasteiger partial charge on any atom is 0.307 e. The number of rotatable bonds is 10. The predicted molar refractivity (Wildman–Crippen MR) is 80.1 cm³/mol. The lowest BCUT2D eigenvalue weighted by Crippen LogP contribution is -2.20. The van der Waals surface area contributed by atoms with Crippen LogP contribution in [0.1, 0.15) is 24.8 Å². The van der Waals surface area contributed by atoms with Crippen molar-refractivity contribution in [2.24, 2.45) is 5.92 Å². The Labute approximate surface area is 128 Å². The topological polar surface area (TPSA) is 125 Å². The van der Waals surface area contributed by atoms with Crippen molar-refractivity contribution < 1.29 is 29.3 Å². The van der Waals surface area contributed by atoms with E-state index in [-0.39, 0.29) is 25.2 Å². The van der Waals surface area contributed by atoms with Crippen LogP contribution >= 0.6 is 7.37 Å². The molecular weight excluding hydrogens is 309 g/mol. The molecule has 0 bridgehead atoms. The van der Waals surface area contributed by atoms with Crippen LogP contribution in [0.2, 0.25) is 0 Å². The van der Waals surface area contributed by atoms with E-state index in [0.717, 1.165) is 5.56 Å². The largest absolute Gasteiger partial charge is 0.481 e. The van der Waals surface area contributed by atoms with E-state index >= 15 is 0 Å². The molecule has 1 aromatic rings. The standard InChI is InChI=1S/C14H20NO6P/c16-13(17)6-5-12(14(18)19)10-22(20,21)8-2-4-11-3-1-7-15-9-11/h1,3,7,9,12H,2,4-6,8,10H2,(H,16,17)(H,18,19)(H,20,21). The van der Waals surface area contributed by atoms with Crippen molar-refractivity contribution in [1.82, 2.24) is 4.98 Å². The third-order valence-corrected chi connectivity index (χ3v) is 5.28. The maximum absolute atomic E-state index is 12.1. The molecule has 2 unspecified atom stereocenters.